The molecule has 0 amide bonds. The maximum atomic E-state index is 13.4. The van der Waals surface area contributed by atoms with Crippen LogP contribution in [0.15, 0.2) is 30.4 Å². The Hall–Kier alpha value is -0.820. The van der Waals surface area contributed by atoms with Gasteiger partial charge in [-0.25, -0.2) is 4.39 Å². The number of rotatable bonds is 4. The van der Waals surface area contributed by atoms with Gasteiger partial charge in [0.1, 0.15) is 5.82 Å². The Morgan fingerprint density at radius 3 is 2.80 bits per heavy atom. The van der Waals surface area contributed by atoms with Crippen LogP contribution in [0.1, 0.15) is 25.8 Å². The molecule has 82 valence electrons. The second kappa shape index (κ2) is 5.92. The fraction of sp³-hybridized carbons (Fsp3) is 0.385. The lowest BCUT2D eigenvalue weighted by atomic mass is 10.00. The zero-order valence-electron chi connectivity index (χ0n) is 9.13. The highest BCUT2D eigenvalue weighted by molar-refractivity contribution is 6.31. The van der Waals surface area contributed by atoms with Crippen molar-refractivity contribution >= 4 is 11.6 Å². The molecule has 0 fully saturated rings. The third-order valence-electron chi connectivity index (χ3n) is 2.29. The molecule has 0 heterocycles. The number of hydrogen-bond donors (Lipinski definition) is 0. The molecule has 1 rings (SSSR count). The summed E-state index contributed by atoms with van der Waals surface area (Å²) in [6.07, 6.45) is 5.86. The monoisotopic (exact) mass is 226 g/mol. The summed E-state index contributed by atoms with van der Waals surface area (Å²) < 4.78 is 13.4. The van der Waals surface area contributed by atoms with Gasteiger partial charge < -0.3 is 0 Å². The van der Waals surface area contributed by atoms with Gasteiger partial charge in [-0.2, -0.15) is 0 Å². The van der Waals surface area contributed by atoms with Gasteiger partial charge in [0.05, 0.1) is 0 Å². The van der Waals surface area contributed by atoms with E-state index in [0.717, 1.165) is 6.42 Å². The van der Waals surface area contributed by atoms with Gasteiger partial charge in [-0.3, -0.25) is 0 Å². The lowest BCUT2D eigenvalue weighted by Crippen LogP contribution is -1.99. The van der Waals surface area contributed by atoms with E-state index < -0.39 is 0 Å². The smallest absolute Gasteiger partial charge is 0.127 e. The Balaban J connectivity index is 2.76. The number of allylic oxidation sites excluding steroid dienone is 2. The van der Waals surface area contributed by atoms with E-state index in [1.165, 1.54) is 6.07 Å². The van der Waals surface area contributed by atoms with Crippen molar-refractivity contribution in [2.75, 3.05) is 0 Å². The maximum Gasteiger partial charge on any atom is 0.127 e. The van der Waals surface area contributed by atoms with Crippen LogP contribution in [0.4, 0.5) is 4.39 Å². The highest BCUT2D eigenvalue weighted by Crippen LogP contribution is 2.22. The molecule has 1 aromatic rings. The molecule has 2 heteroatoms. The van der Waals surface area contributed by atoms with Gasteiger partial charge in [-0.1, -0.05) is 43.7 Å². The first kappa shape index (κ1) is 12.3. The first-order chi connectivity index (χ1) is 7.15. The van der Waals surface area contributed by atoms with Crippen molar-refractivity contribution < 1.29 is 4.39 Å². The highest BCUT2D eigenvalue weighted by Gasteiger charge is 2.09. The molecule has 0 aromatic heterocycles. The molecule has 0 nitrogen and oxygen atoms in total. The molecule has 0 aliphatic heterocycles. The lowest BCUT2D eigenvalue weighted by Gasteiger charge is -2.09. The van der Waals surface area contributed by atoms with Crippen LogP contribution in [0, 0.1) is 11.7 Å². The normalized spacial score (nSPS) is 13.3. The largest absolute Gasteiger partial charge is 0.207 e. The van der Waals surface area contributed by atoms with Crippen molar-refractivity contribution in [2.24, 2.45) is 5.92 Å². The van der Waals surface area contributed by atoms with Crippen molar-refractivity contribution in [3.63, 3.8) is 0 Å². The van der Waals surface area contributed by atoms with Crippen LogP contribution in [-0.2, 0) is 6.42 Å². The van der Waals surface area contributed by atoms with E-state index >= 15 is 0 Å². The van der Waals surface area contributed by atoms with Crippen molar-refractivity contribution in [2.45, 2.75) is 26.7 Å². The molecule has 0 saturated heterocycles. The molecule has 1 unspecified atom stereocenters. The molecule has 0 radical (unpaired) electrons. The quantitative estimate of drug-likeness (QED) is 0.657. The van der Waals surface area contributed by atoms with E-state index in [4.69, 9.17) is 11.6 Å². The average molecular weight is 227 g/mol. The SMILES string of the molecule is CC/C=C\C(C)Cc1c(F)cccc1Cl. The summed E-state index contributed by atoms with van der Waals surface area (Å²) in [5.74, 6) is 0.110. The van der Waals surface area contributed by atoms with Crippen LogP contribution in [0.2, 0.25) is 5.02 Å². The van der Waals surface area contributed by atoms with Crippen LogP contribution in [0.25, 0.3) is 0 Å². The Morgan fingerprint density at radius 1 is 1.47 bits per heavy atom. The summed E-state index contributed by atoms with van der Waals surface area (Å²) >= 11 is 5.94. The van der Waals surface area contributed by atoms with Crippen LogP contribution in [0.5, 0.6) is 0 Å². The van der Waals surface area contributed by atoms with Gasteiger partial charge in [0.25, 0.3) is 0 Å². The molecule has 0 saturated carbocycles. The van der Waals surface area contributed by atoms with Crippen molar-refractivity contribution in [3.05, 3.63) is 46.8 Å². The first-order valence-electron chi connectivity index (χ1n) is 5.24. The molecule has 1 aromatic carbocycles. The second-order valence-corrected chi connectivity index (χ2v) is 4.13. The Kier molecular flexibility index (Phi) is 4.83. The summed E-state index contributed by atoms with van der Waals surface area (Å²) in [6.45, 7) is 4.15. The molecule has 0 bridgehead atoms. The second-order valence-electron chi connectivity index (χ2n) is 3.72. The van der Waals surface area contributed by atoms with Gasteiger partial charge in [0.15, 0.2) is 0 Å². The molecule has 15 heavy (non-hydrogen) atoms. The highest BCUT2D eigenvalue weighted by atomic mass is 35.5. The maximum absolute atomic E-state index is 13.4. The fourth-order valence-corrected chi connectivity index (χ4v) is 1.73. The van der Waals surface area contributed by atoms with Crippen LogP contribution in [-0.4, -0.2) is 0 Å². The third-order valence-corrected chi connectivity index (χ3v) is 2.64. The van der Waals surface area contributed by atoms with Crippen molar-refractivity contribution in [1.29, 1.82) is 0 Å². The van der Waals surface area contributed by atoms with Crippen molar-refractivity contribution in [1.82, 2.24) is 0 Å². The first-order valence-corrected chi connectivity index (χ1v) is 5.62. The van der Waals surface area contributed by atoms with E-state index in [9.17, 15) is 4.39 Å². The van der Waals surface area contributed by atoms with Gasteiger partial charge in [-0.15, -0.1) is 0 Å². The average Bonchev–Trinajstić information content (AvgIpc) is 2.21. The Bertz CT molecular complexity index is 324. The van der Waals surface area contributed by atoms with Gasteiger partial charge in [0, 0.05) is 10.6 Å². The Morgan fingerprint density at radius 2 is 2.20 bits per heavy atom. The molecule has 0 aliphatic rings. The zero-order chi connectivity index (χ0) is 11.3. The molecular weight excluding hydrogens is 211 g/mol. The third kappa shape index (κ3) is 3.67. The predicted molar refractivity (Wildman–Crippen MR) is 63.7 cm³/mol. The summed E-state index contributed by atoms with van der Waals surface area (Å²) in [5, 5.41) is 0.520. The van der Waals surface area contributed by atoms with E-state index in [1.807, 2.05) is 0 Å². The summed E-state index contributed by atoms with van der Waals surface area (Å²) in [4.78, 5) is 0. The fourth-order valence-electron chi connectivity index (χ4n) is 1.49. The molecular formula is C13H16ClF. The minimum Gasteiger partial charge on any atom is -0.207 e. The van der Waals surface area contributed by atoms with E-state index in [2.05, 4.69) is 26.0 Å². The van der Waals surface area contributed by atoms with E-state index in [1.54, 1.807) is 12.1 Å². The van der Waals surface area contributed by atoms with E-state index in [-0.39, 0.29) is 5.82 Å². The predicted octanol–water partition coefficient (Wildman–Crippen LogP) is 4.62. The summed E-state index contributed by atoms with van der Waals surface area (Å²) in [7, 11) is 0. The molecule has 0 aliphatic carbocycles. The molecule has 1 atom stereocenters. The van der Waals surface area contributed by atoms with Gasteiger partial charge in [0.2, 0.25) is 0 Å². The van der Waals surface area contributed by atoms with Gasteiger partial charge >= 0.3 is 0 Å². The lowest BCUT2D eigenvalue weighted by molar-refractivity contribution is 0.592. The van der Waals surface area contributed by atoms with Gasteiger partial charge in [-0.05, 0) is 30.9 Å². The van der Waals surface area contributed by atoms with E-state index in [0.29, 0.717) is 22.9 Å². The van der Waals surface area contributed by atoms with Crippen molar-refractivity contribution in [3.8, 4) is 0 Å². The minimum absolute atomic E-state index is 0.209. The van der Waals surface area contributed by atoms with Crippen LogP contribution >= 0.6 is 11.6 Å². The minimum atomic E-state index is -0.209. The zero-order valence-corrected chi connectivity index (χ0v) is 9.89. The standard InChI is InChI=1S/C13H16ClF/c1-3-4-6-10(2)9-11-12(14)7-5-8-13(11)15/h4-8,10H,3,9H2,1-2H3/b6-4-. The Labute approximate surface area is 95.8 Å². The number of benzene rings is 1. The topological polar surface area (TPSA) is 0 Å². The summed E-state index contributed by atoms with van der Waals surface area (Å²) in [5.41, 5.74) is 0.618. The summed E-state index contributed by atoms with van der Waals surface area (Å²) in [6, 6.07) is 4.82. The number of hydrogen-bond acceptors (Lipinski definition) is 0. The molecule has 0 N–H and O–H groups in total. The number of halogens is 2. The van der Waals surface area contributed by atoms with Crippen LogP contribution < -0.4 is 0 Å². The van der Waals surface area contributed by atoms with Crippen LogP contribution in [0.3, 0.4) is 0 Å². The molecule has 0 spiro atoms.